The minimum atomic E-state index is 0.154. The summed E-state index contributed by atoms with van der Waals surface area (Å²) < 4.78 is 10.6. The van der Waals surface area contributed by atoms with E-state index in [1.54, 1.807) is 7.11 Å². The molecule has 0 spiro atoms. The zero-order valence-electron chi connectivity index (χ0n) is 17.4. The summed E-state index contributed by atoms with van der Waals surface area (Å²) in [6.07, 6.45) is 0.411. The van der Waals surface area contributed by atoms with Crippen molar-refractivity contribution in [2.75, 3.05) is 33.3 Å². The van der Waals surface area contributed by atoms with Crippen LogP contribution in [0.5, 0.6) is 5.75 Å². The Morgan fingerprint density at radius 3 is 2.40 bits per heavy atom. The van der Waals surface area contributed by atoms with E-state index < -0.39 is 0 Å². The SMILES string of the molecule is COc1ccc(CC(=O)N2CCN(Cc3noc(-c4ccc(C)cc4)n3)CC2)cc1. The van der Waals surface area contributed by atoms with Crippen molar-refractivity contribution >= 4 is 5.91 Å². The second kappa shape index (κ2) is 9.09. The van der Waals surface area contributed by atoms with Crippen molar-refractivity contribution in [1.82, 2.24) is 19.9 Å². The topological polar surface area (TPSA) is 71.7 Å². The van der Waals surface area contributed by atoms with Gasteiger partial charge in [-0.25, -0.2) is 0 Å². The fourth-order valence-electron chi connectivity index (χ4n) is 3.52. The van der Waals surface area contributed by atoms with Crippen LogP contribution in [-0.4, -0.2) is 59.1 Å². The third kappa shape index (κ3) is 4.86. The summed E-state index contributed by atoms with van der Waals surface area (Å²) in [4.78, 5) is 21.3. The molecule has 7 heteroatoms. The molecule has 7 nitrogen and oxygen atoms in total. The molecule has 1 saturated heterocycles. The standard InChI is InChI=1S/C23H26N4O3/c1-17-3-7-19(8-4-17)23-24-21(25-30-23)16-26-11-13-27(14-12-26)22(28)15-18-5-9-20(29-2)10-6-18/h3-10H,11-16H2,1-2H3. The first kappa shape index (κ1) is 20.1. The van der Waals surface area contributed by atoms with Crippen LogP contribution >= 0.6 is 0 Å². The second-order valence-electron chi connectivity index (χ2n) is 7.56. The second-order valence-corrected chi connectivity index (χ2v) is 7.56. The zero-order valence-corrected chi connectivity index (χ0v) is 17.4. The smallest absolute Gasteiger partial charge is 0.257 e. The first-order valence-corrected chi connectivity index (χ1v) is 10.1. The molecule has 0 bridgehead atoms. The van der Waals surface area contributed by atoms with Crippen molar-refractivity contribution in [2.45, 2.75) is 19.9 Å². The van der Waals surface area contributed by atoms with Crippen LogP contribution in [0.1, 0.15) is 17.0 Å². The molecule has 0 atom stereocenters. The van der Waals surface area contributed by atoms with Crippen molar-refractivity contribution < 1.29 is 14.1 Å². The van der Waals surface area contributed by atoms with Gasteiger partial charge in [-0.05, 0) is 36.8 Å². The van der Waals surface area contributed by atoms with E-state index >= 15 is 0 Å². The van der Waals surface area contributed by atoms with E-state index in [2.05, 4.69) is 15.0 Å². The number of methoxy groups -OCH3 is 1. The van der Waals surface area contributed by atoms with Gasteiger partial charge in [0.25, 0.3) is 5.89 Å². The highest BCUT2D eigenvalue weighted by molar-refractivity contribution is 5.79. The van der Waals surface area contributed by atoms with E-state index in [0.717, 1.165) is 30.0 Å². The Morgan fingerprint density at radius 1 is 1.03 bits per heavy atom. The van der Waals surface area contributed by atoms with Crippen molar-refractivity contribution in [3.05, 3.63) is 65.5 Å². The summed E-state index contributed by atoms with van der Waals surface area (Å²) in [5.74, 6) is 2.16. The lowest BCUT2D eigenvalue weighted by Gasteiger charge is -2.34. The number of aryl methyl sites for hydroxylation is 1. The maximum absolute atomic E-state index is 12.6. The van der Waals surface area contributed by atoms with E-state index in [1.807, 2.05) is 60.4 Å². The molecule has 30 heavy (non-hydrogen) atoms. The third-order valence-electron chi connectivity index (χ3n) is 5.37. The maximum atomic E-state index is 12.6. The van der Waals surface area contributed by atoms with Crippen LogP contribution in [0.25, 0.3) is 11.5 Å². The van der Waals surface area contributed by atoms with E-state index in [-0.39, 0.29) is 5.91 Å². The van der Waals surface area contributed by atoms with Gasteiger partial charge in [-0.1, -0.05) is 35.0 Å². The first-order valence-electron chi connectivity index (χ1n) is 10.1. The molecular formula is C23H26N4O3. The number of benzene rings is 2. The van der Waals surface area contributed by atoms with Crippen molar-refractivity contribution in [3.8, 4) is 17.2 Å². The Bertz CT molecular complexity index is 974. The summed E-state index contributed by atoms with van der Waals surface area (Å²) >= 11 is 0. The summed E-state index contributed by atoms with van der Waals surface area (Å²) in [6, 6.07) is 15.7. The summed E-state index contributed by atoms with van der Waals surface area (Å²) in [7, 11) is 1.64. The van der Waals surface area contributed by atoms with Crippen LogP contribution < -0.4 is 4.74 Å². The van der Waals surface area contributed by atoms with Gasteiger partial charge >= 0.3 is 0 Å². The monoisotopic (exact) mass is 406 g/mol. The number of aromatic nitrogens is 2. The lowest BCUT2D eigenvalue weighted by atomic mass is 10.1. The van der Waals surface area contributed by atoms with Gasteiger partial charge in [0.1, 0.15) is 5.75 Å². The quantitative estimate of drug-likeness (QED) is 0.627. The van der Waals surface area contributed by atoms with Crippen LogP contribution in [0, 0.1) is 6.92 Å². The number of nitrogens with zero attached hydrogens (tertiary/aromatic N) is 4. The van der Waals surface area contributed by atoms with Gasteiger partial charge in [0.15, 0.2) is 5.82 Å². The minimum Gasteiger partial charge on any atom is -0.497 e. The third-order valence-corrected chi connectivity index (χ3v) is 5.37. The van der Waals surface area contributed by atoms with Crippen LogP contribution in [0.4, 0.5) is 0 Å². The van der Waals surface area contributed by atoms with Gasteiger partial charge in [-0.15, -0.1) is 0 Å². The number of piperazine rings is 1. The molecule has 3 aromatic rings. The van der Waals surface area contributed by atoms with Gasteiger partial charge in [0.05, 0.1) is 20.1 Å². The average molecular weight is 406 g/mol. The lowest BCUT2D eigenvalue weighted by Crippen LogP contribution is -2.48. The van der Waals surface area contributed by atoms with Crippen LogP contribution in [0.2, 0.25) is 0 Å². The number of carbonyl (C=O) groups is 1. The Kier molecular flexibility index (Phi) is 6.09. The Morgan fingerprint density at radius 2 is 1.73 bits per heavy atom. The molecule has 2 aromatic carbocycles. The number of hydrogen-bond donors (Lipinski definition) is 0. The molecule has 4 rings (SSSR count). The number of carbonyl (C=O) groups excluding carboxylic acids is 1. The summed E-state index contributed by atoms with van der Waals surface area (Å²) in [5, 5.41) is 4.11. The highest BCUT2D eigenvalue weighted by Gasteiger charge is 2.22. The molecule has 1 aliphatic heterocycles. The van der Waals surface area contributed by atoms with Gasteiger partial charge < -0.3 is 14.2 Å². The number of hydrogen-bond acceptors (Lipinski definition) is 6. The highest BCUT2D eigenvalue weighted by Crippen LogP contribution is 2.18. The van der Waals surface area contributed by atoms with Gasteiger partial charge in [-0.2, -0.15) is 4.98 Å². The van der Waals surface area contributed by atoms with Crippen molar-refractivity contribution in [2.24, 2.45) is 0 Å². The molecule has 0 aliphatic carbocycles. The maximum Gasteiger partial charge on any atom is 0.257 e. The van der Waals surface area contributed by atoms with E-state index in [0.29, 0.717) is 37.8 Å². The Hall–Kier alpha value is -3.19. The number of ether oxygens (including phenoxy) is 1. The first-order chi connectivity index (χ1) is 14.6. The van der Waals surface area contributed by atoms with E-state index in [9.17, 15) is 4.79 Å². The largest absolute Gasteiger partial charge is 0.497 e. The van der Waals surface area contributed by atoms with Crippen LogP contribution in [-0.2, 0) is 17.8 Å². The average Bonchev–Trinajstić information content (AvgIpc) is 3.23. The van der Waals surface area contributed by atoms with E-state index in [1.165, 1.54) is 5.56 Å². The van der Waals surface area contributed by atoms with Crippen LogP contribution in [0.15, 0.2) is 53.1 Å². The minimum absolute atomic E-state index is 0.154. The normalized spacial score (nSPS) is 14.7. The van der Waals surface area contributed by atoms with Crippen molar-refractivity contribution in [3.63, 3.8) is 0 Å². The highest BCUT2D eigenvalue weighted by atomic mass is 16.5. The Labute approximate surface area is 176 Å². The van der Waals surface area contributed by atoms with Crippen molar-refractivity contribution in [1.29, 1.82) is 0 Å². The number of rotatable bonds is 6. The van der Waals surface area contributed by atoms with Gasteiger partial charge in [0.2, 0.25) is 5.91 Å². The molecule has 2 heterocycles. The predicted molar refractivity (Wildman–Crippen MR) is 113 cm³/mol. The summed E-state index contributed by atoms with van der Waals surface area (Å²) in [5.41, 5.74) is 3.12. The fraction of sp³-hybridized carbons (Fsp3) is 0.348. The van der Waals surface area contributed by atoms with Gasteiger partial charge in [0, 0.05) is 31.7 Å². The lowest BCUT2D eigenvalue weighted by molar-refractivity contribution is -0.132. The molecule has 1 amide bonds. The van der Waals surface area contributed by atoms with Gasteiger partial charge in [-0.3, -0.25) is 9.69 Å². The number of amides is 1. The molecule has 0 unspecified atom stereocenters. The predicted octanol–water partition coefficient (Wildman–Crippen LogP) is 2.94. The molecule has 0 N–H and O–H groups in total. The molecule has 0 radical (unpaired) electrons. The Balaban J connectivity index is 1.27. The molecule has 0 saturated carbocycles. The van der Waals surface area contributed by atoms with Crippen LogP contribution in [0.3, 0.4) is 0 Å². The molecule has 1 aliphatic rings. The zero-order chi connectivity index (χ0) is 20.9. The summed E-state index contributed by atoms with van der Waals surface area (Å²) in [6.45, 7) is 5.67. The fourth-order valence-corrected chi connectivity index (χ4v) is 3.52. The molecular weight excluding hydrogens is 380 g/mol. The molecule has 1 aromatic heterocycles. The molecule has 156 valence electrons. The van der Waals surface area contributed by atoms with E-state index in [4.69, 9.17) is 9.26 Å². The molecule has 1 fully saturated rings.